The molecule has 3 aromatic carbocycles. The summed E-state index contributed by atoms with van der Waals surface area (Å²) in [5.74, 6) is -0.147. The Hall–Kier alpha value is -4.06. The number of hydrogen-bond donors (Lipinski definition) is 2. The zero-order valence-electron chi connectivity index (χ0n) is 24.8. The smallest absolute Gasteiger partial charge is 0.347 e. The minimum absolute atomic E-state index is 0.0927. The van der Waals surface area contributed by atoms with E-state index < -0.39 is 11.6 Å². The molecule has 1 amide bonds. The van der Waals surface area contributed by atoms with Crippen LogP contribution in [0.3, 0.4) is 0 Å². The van der Waals surface area contributed by atoms with Gasteiger partial charge in [-0.3, -0.25) is 4.79 Å². The number of aromatic nitrogens is 1. The largest absolute Gasteiger partial charge is 0.478 e. The molecule has 4 aromatic rings. The van der Waals surface area contributed by atoms with Gasteiger partial charge in [0.1, 0.15) is 5.75 Å². The van der Waals surface area contributed by atoms with Crippen molar-refractivity contribution in [3.8, 4) is 5.75 Å². The van der Waals surface area contributed by atoms with Gasteiger partial charge in [-0.05, 0) is 106 Å². The maximum Gasteiger partial charge on any atom is 0.347 e. The molecular weight excluding hydrogens is 500 g/mol. The van der Waals surface area contributed by atoms with Crippen LogP contribution in [0.1, 0.15) is 90.4 Å². The van der Waals surface area contributed by atoms with E-state index in [9.17, 15) is 14.7 Å². The maximum absolute atomic E-state index is 13.2. The van der Waals surface area contributed by atoms with Gasteiger partial charge >= 0.3 is 5.97 Å². The number of ether oxygens (including phenoxy) is 1. The van der Waals surface area contributed by atoms with E-state index in [0.29, 0.717) is 23.8 Å². The van der Waals surface area contributed by atoms with Crippen molar-refractivity contribution >= 4 is 22.8 Å². The molecule has 0 aliphatic carbocycles. The number of carboxylic acids is 1. The van der Waals surface area contributed by atoms with Gasteiger partial charge in [-0.2, -0.15) is 0 Å². The maximum atomic E-state index is 13.2. The van der Waals surface area contributed by atoms with E-state index in [1.807, 2.05) is 56.3 Å². The molecule has 6 nitrogen and oxygen atoms in total. The van der Waals surface area contributed by atoms with Crippen LogP contribution in [-0.4, -0.2) is 27.2 Å². The monoisotopic (exact) mass is 540 g/mol. The van der Waals surface area contributed by atoms with Crippen molar-refractivity contribution in [2.45, 2.75) is 79.5 Å². The van der Waals surface area contributed by atoms with Crippen LogP contribution in [0.2, 0.25) is 0 Å². The van der Waals surface area contributed by atoms with E-state index >= 15 is 0 Å². The Morgan fingerprint density at radius 1 is 0.950 bits per heavy atom. The zero-order valence-corrected chi connectivity index (χ0v) is 24.8. The van der Waals surface area contributed by atoms with Crippen LogP contribution < -0.4 is 10.1 Å². The topological polar surface area (TPSA) is 80.6 Å². The predicted molar refractivity (Wildman–Crippen MR) is 160 cm³/mol. The average molecular weight is 541 g/mol. The second-order valence-corrected chi connectivity index (χ2v) is 11.6. The lowest BCUT2D eigenvalue weighted by Gasteiger charge is -2.22. The van der Waals surface area contributed by atoms with E-state index in [-0.39, 0.29) is 11.9 Å². The summed E-state index contributed by atoms with van der Waals surface area (Å²) in [6, 6.07) is 19.9. The van der Waals surface area contributed by atoms with Gasteiger partial charge in [0.05, 0.1) is 6.04 Å². The number of rotatable bonds is 9. The average Bonchev–Trinajstić information content (AvgIpc) is 3.14. The number of benzene rings is 3. The third-order valence-corrected chi connectivity index (χ3v) is 7.86. The predicted octanol–water partition coefficient (Wildman–Crippen LogP) is 7.47. The molecular formula is C34H40N2O4. The number of nitrogens with zero attached hydrogens (tertiary/aromatic N) is 1. The van der Waals surface area contributed by atoms with Gasteiger partial charge in [0.25, 0.3) is 5.91 Å². The third-order valence-electron chi connectivity index (χ3n) is 7.86. The number of carbonyl (C=O) groups excluding carboxylic acids is 1. The lowest BCUT2D eigenvalue weighted by atomic mass is 9.98. The fourth-order valence-corrected chi connectivity index (χ4v) is 4.96. The molecule has 0 fully saturated rings. The van der Waals surface area contributed by atoms with Crippen molar-refractivity contribution in [3.63, 3.8) is 0 Å². The molecule has 0 radical (unpaired) electrons. The molecule has 1 atom stereocenters. The zero-order chi connectivity index (χ0) is 29.4. The van der Waals surface area contributed by atoms with Gasteiger partial charge in [-0.25, -0.2) is 4.79 Å². The molecule has 0 saturated carbocycles. The van der Waals surface area contributed by atoms with E-state index in [4.69, 9.17) is 4.74 Å². The summed E-state index contributed by atoms with van der Waals surface area (Å²) in [5, 5.41) is 13.6. The molecule has 0 spiro atoms. The third kappa shape index (κ3) is 5.91. The van der Waals surface area contributed by atoms with E-state index in [2.05, 4.69) is 55.8 Å². The summed E-state index contributed by atoms with van der Waals surface area (Å²) in [4.78, 5) is 24.7. The fourth-order valence-electron chi connectivity index (χ4n) is 4.96. The standard InChI is InChI=1S/C34H40N2O4/c1-20(2)25-10-9-11-26(17-25)23(5)35-32(37)27-13-15-31-30(18-27)22(4)24(6)36(31)19-28-12-14-29(16-21(28)3)40-34(7,8)33(38)39/h9-18,20,23H,19H2,1-8H3,(H,35,37)(H,38,39). The number of fused-ring (bicyclic) bond motifs is 1. The summed E-state index contributed by atoms with van der Waals surface area (Å²) in [6.07, 6.45) is 0. The number of aliphatic carboxylic acids is 1. The first kappa shape index (κ1) is 28.9. The summed E-state index contributed by atoms with van der Waals surface area (Å²) < 4.78 is 7.97. The highest BCUT2D eigenvalue weighted by molar-refractivity contribution is 5.99. The Balaban J connectivity index is 1.56. The Bertz CT molecular complexity index is 1580. The molecule has 0 aliphatic heterocycles. The Labute approximate surface area is 237 Å². The van der Waals surface area contributed by atoms with E-state index in [1.54, 1.807) is 0 Å². The van der Waals surface area contributed by atoms with Crippen molar-refractivity contribution in [3.05, 3.63) is 99.7 Å². The minimum Gasteiger partial charge on any atom is -0.478 e. The van der Waals surface area contributed by atoms with E-state index in [0.717, 1.165) is 38.9 Å². The van der Waals surface area contributed by atoms with Crippen LogP contribution in [0.25, 0.3) is 10.9 Å². The summed E-state index contributed by atoms with van der Waals surface area (Å²) in [7, 11) is 0. The second kappa shape index (κ2) is 11.2. The van der Waals surface area contributed by atoms with Gasteiger partial charge in [-0.15, -0.1) is 0 Å². The molecule has 6 heteroatoms. The quantitative estimate of drug-likeness (QED) is 0.231. The summed E-state index contributed by atoms with van der Waals surface area (Å²) >= 11 is 0. The fraction of sp³-hybridized carbons (Fsp3) is 0.353. The molecule has 0 saturated heterocycles. The molecule has 210 valence electrons. The van der Waals surface area contributed by atoms with Gasteiger partial charge in [0.2, 0.25) is 0 Å². The highest BCUT2D eigenvalue weighted by Crippen LogP contribution is 2.29. The van der Waals surface area contributed by atoms with Gasteiger partial charge in [-0.1, -0.05) is 44.2 Å². The van der Waals surface area contributed by atoms with Gasteiger partial charge < -0.3 is 19.7 Å². The van der Waals surface area contributed by atoms with Crippen LogP contribution in [0.15, 0.2) is 60.7 Å². The number of aryl methyl sites for hydroxylation is 2. The highest BCUT2D eigenvalue weighted by atomic mass is 16.5. The van der Waals surface area contributed by atoms with Crippen molar-refractivity contribution < 1.29 is 19.4 Å². The Morgan fingerprint density at radius 3 is 2.30 bits per heavy atom. The van der Waals surface area contributed by atoms with Crippen molar-refractivity contribution in [2.75, 3.05) is 0 Å². The molecule has 1 unspecified atom stereocenters. The highest BCUT2D eigenvalue weighted by Gasteiger charge is 2.29. The normalized spacial score (nSPS) is 12.5. The molecule has 4 rings (SSSR count). The molecule has 0 aliphatic rings. The van der Waals surface area contributed by atoms with Crippen molar-refractivity contribution in [1.29, 1.82) is 0 Å². The lowest BCUT2D eigenvalue weighted by Crippen LogP contribution is -2.37. The van der Waals surface area contributed by atoms with Gasteiger partial charge in [0, 0.05) is 28.7 Å². The molecule has 0 bridgehead atoms. The SMILES string of the molecule is Cc1cc(OC(C)(C)C(=O)O)ccc1Cn1c(C)c(C)c2cc(C(=O)NC(C)c3cccc(C(C)C)c3)ccc21. The van der Waals surface area contributed by atoms with Crippen LogP contribution in [0.5, 0.6) is 5.75 Å². The lowest BCUT2D eigenvalue weighted by molar-refractivity contribution is -0.152. The van der Waals surface area contributed by atoms with Crippen LogP contribution >= 0.6 is 0 Å². The Morgan fingerprint density at radius 2 is 1.65 bits per heavy atom. The number of hydrogen-bond acceptors (Lipinski definition) is 3. The van der Waals surface area contributed by atoms with Crippen LogP contribution in [0, 0.1) is 20.8 Å². The minimum atomic E-state index is -1.31. The number of carboxylic acid groups (broad SMARTS) is 1. The first-order chi connectivity index (χ1) is 18.8. The first-order valence-corrected chi connectivity index (χ1v) is 13.8. The van der Waals surface area contributed by atoms with Crippen LogP contribution in [-0.2, 0) is 11.3 Å². The van der Waals surface area contributed by atoms with Crippen molar-refractivity contribution in [2.24, 2.45) is 0 Å². The number of nitrogens with one attached hydrogen (secondary N) is 1. The van der Waals surface area contributed by atoms with Gasteiger partial charge in [0.15, 0.2) is 5.60 Å². The molecule has 40 heavy (non-hydrogen) atoms. The van der Waals surface area contributed by atoms with E-state index in [1.165, 1.54) is 19.4 Å². The molecule has 2 N–H and O–H groups in total. The molecule has 1 heterocycles. The number of carbonyl (C=O) groups is 2. The Kier molecular flexibility index (Phi) is 8.10. The summed E-state index contributed by atoms with van der Waals surface area (Å²) in [5.41, 5.74) is 7.16. The molecule has 1 aromatic heterocycles. The van der Waals surface area contributed by atoms with Crippen molar-refractivity contribution in [1.82, 2.24) is 9.88 Å². The second-order valence-electron chi connectivity index (χ2n) is 11.6. The first-order valence-electron chi connectivity index (χ1n) is 13.8. The summed E-state index contributed by atoms with van der Waals surface area (Å²) in [6.45, 7) is 16.3. The number of amides is 1. The van der Waals surface area contributed by atoms with Crippen LogP contribution in [0.4, 0.5) is 0 Å².